The van der Waals surface area contributed by atoms with E-state index in [4.69, 9.17) is 5.84 Å². The van der Waals surface area contributed by atoms with E-state index in [0.29, 0.717) is 43.9 Å². The molecule has 0 radical (unpaired) electrons. The van der Waals surface area contributed by atoms with Gasteiger partial charge in [0.05, 0.1) is 22.2 Å². The molecule has 0 bridgehead atoms. The lowest BCUT2D eigenvalue weighted by atomic mass is 10.0. The molecule has 1 aliphatic rings. The Balaban J connectivity index is 1.69. The Morgan fingerprint density at radius 3 is 2.90 bits per heavy atom. The maximum absolute atomic E-state index is 13.2. The summed E-state index contributed by atoms with van der Waals surface area (Å²) in [5.41, 5.74) is 0.768. The lowest BCUT2D eigenvalue weighted by Crippen LogP contribution is -2.44. The fourth-order valence-corrected chi connectivity index (χ4v) is 4.43. The minimum Gasteiger partial charge on any atom is -0.375 e. The number of hydrogen-bond donors (Lipinski definition) is 3. The molecule has 1 aromatic heterocycles. The van der Waals surface area contributed by atoms with Crippen molar-refractivity contribution in [2.24, 2.45) is 16.9 Å². The Morgan fingerprint density at radius 1 is 1.40 bits per heavy atom. The van der Waals surface area contributed by atoms with Gasteiger partial charge in [0.2, 0.25) is 17.6 Å². The third-order valence-corrected chi connectivity index (χ3v) is 6.17. The molecule has 1 saturated heterocycles. The van der Waals surface area contributed by atoms with Crippen molar-refractivity contribution in [1.29, 1.82) is 0 Å². The zero-order chi connectivity index (χ0) is 21.5. The number of carbonyl (C=O) groups is 3. The molecule has 4 N–H and O–H groups in total. The van der Waals surface area contributed by atoms with Crippen molar-refractivity contribution in [3.05, 3.63) is 29.3 Å². The molecule has 1 fully saturated rings. The summed E-state index contributed by atoms with van der Waals surface area (Å²) < 4.78 is 0.930. The number of hydrazone groups is 1. The van der Waals surface area contributed by atoms with Gasteiger partial charge in [-0.3, -0.25) is 14.4 Å². The van der Waals surface area contributed by atoms with E-state index in [2.05, 4.69) is 20.7 Å². The van der Waals surface area contributed by atoms with Gasteiger partial charge in [-0.2, -0.15) is 5.10 Å². The van der Waals surface area contributed by atoms with Crippen LogP contribution in [0.4, 0.5) is 0 Å². The van der Waals surface area contributed by atoms with Gasteiger partial charge in [-0.1, -0.05) is 12.1 Å². The number of Topliss-reactive ketones (excluding diaryl/α,β-unsaturated/α-hetero) is 1. The van der Waals surface area contributed by atoms with Gasteiger partial charge < -0.3 is 21.4 Å². The molecule has 2 heterocycles. The van der Waals surface area contributed by atoms with Crippen LogP contribution in [-0.2, 0) is 9.59 Å². The molecule has 2 atom stereocenters. The number of carbonyl (C=O) groups excluding carboxylic acids is 3. The highest BCUT2D eigenvalue weighted by molar-refractivity contribution is 7.20. The number of hydrogen-bond acceptors (Lipinski definition) is 7. The minimum absolute atomic E-state index is 0.0416. The summed E-state index contributed by atoms with van der Waals surface area (Å²) in [6.07, 6.45) is 3.08. The van der Waals surface area contributed by atoms with Gasteiger partial charge in [0, 0.05) is 26.6 Å². The van der Waals surface area contributed by atoms with Gasteiger partial charge in [-0.25, -0.2) is 4.98 Å². The van der Waals surface area contributed by atoms with Crippen LogP contribution < -0.4 is 16.5 Å². The summed E-state index contributed by atoms with van der Waals surface area (Å²) >= 11 is 1.33. The van der Waals surface area contributed by atoms with E-state index in [1.807, 2.05) is 24.3 Å². The first-order valence-electron chi connectivity index (χ1n) is 9.90. The molecule has 1 unspecified atom stereocenters. The first-order valence-corrected chi connectivity index (χ1v) is 10.7. The number of aromatic nitrogens is 1. The van der Waals surface area contributed by atoms with E-state index in [0.717, 1.165) is 10.2 Å². The molecule has 1 aromatic carbocycles. The Morgan fingerprint density at radius 2 is 2.20 bits per heavy atom. The number of amides is 2. The average Bonchev–Trinajstić information content (AvgIpc) is 3.39. The summed E-state index contributed by atoms with van der Waals surface area (Å²) in [5.74, 6) is 4.32. The number of likely N-dealkylation sites (tertiary alicyclic amines) is 1. The zero-order valence-electron chi connectivity index (χ0n) is 16.8. The molecule has 160 valence electrons. The van der Waals surface area contributed by atoms with E-state index in [-0.39, 0.29) is 23.5 Å². The SMILES string of the molecule is CC(=O)N1CC[C@H](C(=O)NC(CCCNC=NN)C(=O)c2nc3ccccc3s2)C1. The van der Waals surface area contributed by atoms with Crippen LogP contribution in [0.5, 0.6) is 0 Å². The Labute approximate surface area is 178 Å². The minimum atomic E-state index is -0.680. The molecule has 2 aromatic rings. The number of nitrogens with one attached hydrogen (secondary N) is 2. The van der Waals surface area contributed by atoms with Gasteiger partial charge in [0.1, 0.15) is 6.34 Å². The first kappa shape index (κ1) is 21.7. The number of rotatable bonds is 9. The second kappa shape index (κ2) is 10.1. The third kappa shape index (κ3) is 5.32. The number of benzene rings is 1. The molecule has 1 aliphatic heterocycles. The molecular weight excluding hydrogens is 404 g/mol. The summed E-state index contributed by atoms with van der Waals surface area (Å²) in [7, 11) is 0. The van der Waals surface area contributed by atoms with Crippen LogP contribution in [0.2, 0.25) is 0 Å². The smallest absolute Gasteiger partial charge is 0.225 e. The maximum atomic E-state index is 13.2. The zero-order valence-corrected chi connectivity index (χ0v) is 17.7. The molecule has 3 rings (SSSR count). The van der Waals surface area contributed by atoms with E-state index >= 15 is 0 Å². The molecule has 0 saturated carbocycles. The van der Waals surface area contributed by atoms with Crippen LogP contribution in [0.15, 0.2) is 29.4 Å². The van der Waals surface area contributed by atoms with Crippen LogP contribution in [0.25, 0.3) is 10.2 Å². The maximum Gasteiger partial charge on any atom is 0.225 e. The lowest BCUT2D eigenvalue weighted by Gasteiger charge is -2.19. The fraction of sp³-hybridized carbons (Fsp3) is 0.450. The van der Waals surface area contributed by atoms with Crippen molar-refractivity contribution in [3.8, 4) is 0 Å². The van der Waals surface area contributed by atoms with Crippen molar-refractivity contribution in [2.45, 2.75) is 32.2 Å². The van der Waals surface area contributed by atoms with Crippen molar-refractivity contribution in [1.82, 2.24) is 20.5 Å². The Hall–Kier alpha value is -3.01. The number of ketones is 1. The first-order chi connectivity index (χ1) is 14.5. The van der Waals surface area contributed by atoms with E-state index in [1.54, 1.807) is 4.90 Å². The van der Waals surface area contributed by atoms with Gasteiger partial charge in [-0.05, 0) is 31.4 Å². The van der Waals surface area contributed by atoms with Crippen LogP contribution in [0, 0.1) is 5.92 Å². The monoisotopic (exact) mass is 430 g/mol. The fourth-order valence-electron chi connectivity index (χ4n) is 3.47. The third-order valence-electron chi connectivity index (χ3n) is 5.12. The van der Waals surface area contributed by atoms with Crippen molar-refractivity contribution >= 4 is 45.5 Å². The van der Waals surface area contributed by atoms with Crippen LogP contribution in [0.3, 0.4) is 0 Å². The van der Waals surface area contributed by atoms with Gasteiger partial charge in [-0.15, -0.1) is 11.3 Å². The van der Waals surface area contributed by atoms with Gasteiger partial charge in [0.15, 0.2) is 5.01 Å². The second-order valence-corrected chi connectivity index (χ2v) is 8.27. The molecule has 10 heteroatoms. The van der Waals surface area contributed by atoms with Gasteiger partial charge >= 0.3 is 0 Å². The molecule has 0 spiro atoms. The predicted molar refractivity (Wildman–Crippen MR) is 116 cm³/mol. The molecule has 2 amide bonds. The van der Waals surface area contributed by atoms with Crippen LogP contribution in [-0.4, -0.2) is 59.5 Å². The summed E-state index contributed by atoms with van der Waals surface area (Å²) in [6.45, 7) is 3.02. The largest absolute Gasteiger partial charge is 0.375 e. The summed E-state index contributed by atoms with van der Waals surface area (Å²) in [5, 5.41) is 9.58. The van der Waals surface area contributed by atoms with E-state index in [9.17, 15) is 14.4 Å². The topological polar surface area (TPSA) is 130 Å². The summed E-state index contributed by atoms with van der Waals surface area (Å²) in [6, 6.07) is 6.88. The predicted octanol–water partition coefficient (Wildman–Crippen LogP) is 1.10. The quantitative estimate of drug-likeness (QED) is 0.136. The Bertz CT molecular complexity index is 911. The second-order valence-electron chi connectivity index (χ2n) is 7.24. The molecule has 0 aliphatic carbocycles. The highest BCUT2D eigenvalue weighted by atomic mass is 32.1. The Kier molecular flexibility index (Phi) is 7.34. The van der Waals surface area contributed by atoms with Crippen LogP contribution >= 0.6 is 11.3 Å². The number of nitrogens with zero attached hydrogens (tertiary/aromatic N) is 3. The normalized spacial score (nSPS) is 17.4. The van der Waals surface area contributed by atoms with Crippen molar-refractivity contribution < 1.29 is 14.4 Å². The highest BCUT2D eigenvalue weighted by Gasteiger charge is 2.32. The number of thiazole rings is 1. The van der Waals surface area contributed by atoms with E-state index in [1.165, 1.54) is 24.6 Å². The molecule has 9 nitrogen and oxygen atoms in total. The number of para-hydroxylation sites is 1. The van der Waals surface area contributed by atoms with Gasteiger partial charge in [0.25, 0.3) is 0 Å². The van der Waals surface area contributed by atoms with E-state index < -0.39 is 6.04 Å². The average molecular weight is 431 g/mol. The summed E-state index contributed by atoms with van der Waals surface area (Å²) in [4.78, 5) is 43.6. The van der Waals surface area contributed by atoms with Crippen molar-refractivity contribution in [2.75, 3.05) is 19.6 Å². The number of nitrogens with two attached hydrogens (primary N) is 1. The highest BCUT2D eigenvalue weighted by Crippen LogP contribution is 2.24. The number of fused-ring (bicyclic) bond motifs is 1. The van der Waals surface area contributed by atoms with Crippen LogP contribution in [0.1, 0.15) is 36.0 Å². The lowest BCUT2D eigenvalue weighted by molar-refractivity contribution is -0.128. The molecule has 30 heavy (non-hydrogen) atoms. The molecular formula is C20H26N6O3S. The standard InChI is InChI=1S/C20H26N6O3S/c1-13(27)26-10-8-14(11-26)19(29)24-16(6-4-9-22-12-23-21)18(28)20-25-15-5-2-3-7-17(15)30-20/h2-3,5,7,12,14,16H,4,6,8-11,21H2,1H3,(H,22,23)(H,24,29)/t14-,16?/m0/s1. The van der Waals surface area contributed by atoms with Crippen molar-refractivity contribution in [3.63, 3.8) is 0 Å².